The summed E-state index contributed by atoms with van der Waals surface area (Å²) in [6.45, 7) is 14.8. The van der Waals surface area contributed by atoms with Crippen LogP contribution in [0.5, 0.6) is 0 Å². The lowest BCUT2D eigenvalue weighted by Crippen LogP contribution is -2.74. The Hall–Kier alpha value is -4.53. The summed E-state index contributed by atoms with van der Waals surface area (Å²) in [7, 11) is 0. The van der Waals surface area contributed by atoms with Gasteiger partial charge in [0.05, 0.1) is 11.4 Å². The first-order chi connectivity index (χ1) is 28.4. The van der Waals surface area contributed by atoms with Crippen LogP contribution in [-0.2, 0) is 21.7 Å². The summed E-state index contributed by atoms with van der Waals surface area (Å²) in [5.74, 6) is 3.35. The van der Waals surface area contributed by atoms with Gasteiger partial charge in [-0.15, -0.1) is 0 Å². The van der Waals surface area contributed by atoms with Crippen molar-refractivity contribution in [2.75, 3.05) is 4.90 Å². The first kappa shape index (κ1) is 35.2. The molecule has 4 fully saturated rings. The SMILES string of the molecule is CC1(C)CCC(C)(C)c2c(N(c3ccc4c(c3)C(C)(C)c3ccccc3-4)c3cccc4c3Sc3cc(-c5ccccc5)ccc3C43C4CC5CC6CC3C64C5)cccc21. The summed E-state index contributed by atoms with van der Waals surface area (Å²) in [5, 5.41) is 0. The van der Waals surface area contributed by atoms with E-state index in [0.717, 1.165) is 23.7 Å². The van der Waals surface area contributed by atoms with Crippen LogP contribution in [0.25, 0.3) is 22.3 Å². The van der Waals surface area contributed by atoms with Crippen LogP contribution >= 0.6 is 11.8 Å². The molecule has 13 rings (SSSR count). The Morgan fingerprint density at radius 2 is 1.25 bits per heavy atom. The third kappa shape index (κ3) is 4.25. The monoisotopic (exact) mass is 785 g/mol. The minimum atomic E-state index is -0.0878. The van der Waals surface area contributed by atoms with Crippen LogP contribution in [0.3, 0.4) is 0 Å². The summed E-state index contributed by atoms with van der Waals surface area (Å²) in [6, 6.07) is 50.1. The second-order valence-electron chi connectivity index (χ2n) is 21.6. The van der Waals surface area contributed by atoms with Crippen LogP contribution in [0.4, 0.5) is 17.1 Å². The number of hydrogen-bond acceptors (Lipinski definition) is 2. The maximum absolute atomic E-state index is 2.74. The van der Waals surface area contributed by atoms with Gasteiger partial charge >= 0.3 is 0 Å². The third-order valence-electron chi connectivity index (χ3n) is 17.8. The van der Waals surface area contributed by atoms with Crippen LogP contribution in [0.1, 0.15) is 113 Å². The molecule has 7 aliphatic rings. The molecule has 6 aliphatic carbocycles. The van der Waals surface area contributed by atoms with Crippen molar-refractivity contribution in [3.63, 3.8) is 0 Å². The van der Waals surface area contributed by atoms with Crippen molar-refractivity contribution >= 4 is 28.8 Å². The highest BCUT2D eigenvalue weighted by Gasteiger charge is 2.84. The van der Waals surface area contributed by atoms with Crippen LogP contribution in [-0.4, -0.2) is 0 Å². The maximum Gasteiger partial charge on any atom is 0.0604 e. The van der Waals surface area contributed by atoms with E-state index in [-0.39, 0.29) is 21.7 Å². The molecule has 0 saturated heterocycles. The highest BCUT2D eigenvalue weighted by molar-refractivity contribution is 7.99. The maximum atomic E-state index is 2.74. The van der Waals surface area contributed by atoms with Gasteiger partial charge in [-0.2, -0.15) is 0 Å². The molecule has 1 heterocycles. The highest BCUT2D eigenvalue weighted by atomic mass is 32.2. The van der Waals surface area contributed by atoms with Crippen molar-refractivity contribution in [1.82, 2.24) is 0 Å². The molecule has 294 valence electrons. The summed E-state index contributed by atoms with van der Waals surface area (Å²) < 4.78 is 0. The number of rotatable bonds is 4. The lowest BCUT2D eigenvalue weighted by atomic mass is 9.26. The van der Waals surface area contributed by atoms with Crippen molar-refractivity contribution in [2.24, 2.45) is 29.1 Å². The fourth-order valence-electron chi connectivity index (χ4n) is 15.2. The molecule has 0 radical (unpaired) electrons. The van der Waals surface area contributed by atoms with Gasteiger partial charge in [-0.25, -0.2) is 0 Å². The molecule has 4 saturated carbocycles. The van der Waals surface area contributed by atoms with Crippen molar-refractivity contribution in [3.8, 4) is 22.3 Å². The summed E-state index contributed by atoms with van der Waals surface area (Å²) in [5.41, 5.74) is 19.3. The summed E-state index contributed by atoms with van der Waals surface area (Å²) >= 11 is 2.07. The lowest BCUT2D eigenvalue weighted by molar-refractivity contribution is -0.235. The van der Waals surface area contributed by atoms with Gasteiger partial charge in [-0.05, 0) is 164 Å². The molecule has 59 heavy (non-hydrogen) atoms. The van der Waals surface area contributed by atoms with Gasteiger partial charge in [-0.1, -0.05) is 150 Å². The van der Waals surface area contributed by atoms with E-state index in [0.29, 0.717) is 5.41 Å². The van der Waals surface area contributed by atoms with Crippen LogP contribution in [0.2, 0.25) is 0 Å². The molecule has 2 heteroatoms. The van der Waals surface area contributed by atoms with Crippen molar-refractivity contribution < 1.29 is 0 Å². The van der Waals surface area contributed by atoms with Gasteiger partial charge in [-0.3, -0.25) is 0 Å². The zero-order chi connectivity index (χ0) is 39.8. The number of fused-ring (bicyclic) bond motifs is 11. The molecular weight excluding hydrogens is 731 g/mol. The largest absolute Gasteiger partial charge is 0.309 e. The predicted molar refractivity (Wildman–Crippen MR) is 246 cm³/mol. The Morgan fingerprint density at radius 1 is 0.542 bits per heavy atom. The van der Waals surface area contributed by atoms with E-state index in [4.69, 9.17) is 0 Å². The zero-order valence-electron chi connectivity index (χ0n) is 35.5. The molecule has 2 spiro atoms. The average molecular weight is 786 g/mol. The van der Waals surface area contributed by atoms with E-state index in [1.54, 1.807) is 11.1 Å². The molecule has 6 aromatic carbocycles. The minimum Gasteiger partial charge on any atom is -0.309 e. The molecule has 0 amide bonds. The summed E-state index contributed by atoms with van der Waals surface area (Å²) in [6.07, 6.45) is 8.16. The Labute approximate surface area is 355 Å². The second-order valence-corrected chi connectivity index (χ2v) is 22.6. The normalized spacial score (nSPS) is 29.6. The fourth-order valence-corrected chi connectivity index (χ4v) is 16.6. The molecular formula is C57H55NS. The molecule has 1 aliphatic heterocycles. The first-order valence-electron chi connectivity index (χ1n) is 22.6. The minimum absolute atomic E-state index is 0.0384. The number of hydrogen-bond donors (Lipinski definition) is 0. The molecule has 6 atom stereocenters. The van der Waals surface area contributed by atoms with Gasteiger partial charge < -0.3 is 4.90 Å². The zero-order valence-corrected chi connectivity index (χ0v) is 36.3. The highest BCUT2D eigenvalue weighted by Crippen LogP contribution is 2.89. The van der Waals surface area contributed by atoms with E-state index in [9.17, 15) is 0 Å². The molecule has 1 nitrogen and oxygen atoms in total. The molecule has 0 N–H and O–H groups in total. The standard InChI is InChI=1S/C57H55NS/c1-53(2)26-27-54(3,4)51-43(53)18-12-20-46(51)58(38-23-24-40-39-16-10-11-17-41(39)55(5,6)45(40)32-38)47-21-13-19-44-52(47)59-48-30-36(35-14-8-7-9-15-35)22-25-42(48)57(44)49-29-34-28-37-31-50(57)56(37,49)33-34/h7-25,30,32,34,37,49-50H,26-29,31,33H2,1-6H3. The van der Waals surface area contributed by atoms with E-state index in [1.807, 2.05) is 0 Å². The molecule has 6 aromatic rings. The predicted octanol–water partition coefficient (Wildman–Crippen LogP) is 15.3. The Bertz CT molecular complexity index is 2790. The van der Waals surface area contributed by atoms with E-state index in [1.165, 1.54) is 110 Å². The molecule has 0 aromatic heterocycles. The van der Waals surface area contributed by atoms with E-state index >= 15 is 0 Å². The smallest absolute Gasteiger partial charge is 0.0604 e. The lowest BCUT2D eigenvalue weighted by Gasteiger charge is -2.78. The van der Waals surface area contributed by atoms with Gasteiger partial charge in [0.15, 0.2) is 0 Å². The van der Waals surface area contributed by atoms with Gasteiger partial charge in [0.1, 0.15) is 0 Å². The van der Waals surface area contributed by atoms with Gasteiger partial charge in [0, 0.05) is 26.3 Å². The number of nitrogens with zero attached hydrogens (tertiary/aromatic N) is 1. The third-order valence-corrected chi connectivity index (χ3v) is 19.0. The van der Waals surface area contributed by atoms with Crippen LogP contribution < -0.4 is 4.90 Å². The van der Waals surface area contributed by atoms with Crippen molar-refractivity contribution in [1.29, 1.82) is 0 Å². The van der Waals surface area contributed by atoms with Gasteiger partial charge in [0.25, 0.3) is 0 Å². The Kier molecular flexibility index (Phi) is 6.83. The van der Waals surface area contributed by atoms with Crippen LogP contribution in [0.15, 0.2) is 137 Å². The van der Waals surface area contributed by atoms with Crippen LogP contribution in [0, 0.1) is 29.1 Å². The van der Waals surface area contributed by atoms with E-state index in [2.05, 4.69) is 186 Å². The topological polar surface area (TPSA) is 3.24 Å². The fraction of sp³-hybridized carbons (Fsp3) is 0.368. The average Bonchev–Trinajstić information content (AvgIpc) is 3.85. The van der Waals surface area contributed by atoms with Crippen molar-refractivity contribution in [3.05, 3.63) is 161 Å². The second kappa shape index (κ2) is 11.4. The molecule has 6 unspecified atom stereocenters. The number of benzene rings is 6. The quantitative estimate of drug-likeness (QED) is 0.175. The number of anilines is 3. The van der Waals surface area contributed by atoms with E-state index < -0.39 is 0 Å². The van der Waals surface area contributed by atoms with Gasteiger partial charge in [0.2, 0.25) is 0 Å². The Morgan fingerprint density at radius 3 is 2.08 bits per heavy atom. The van der Waals surface area contributed by atoms with Crippen molar-refractivity contribution in [2.45, 2.75) is 112 Å². The summed E-state index contributed by atoms with van der Waals surface area (Å²) in [4.78, 5) is 5.71. The Balaban J connectivity index is 1.08. The first-order valence-corrected chi connectivity index (χ1v) is 23.5. The molecule has 2 bridgehead atoms.